The first-order chi connectivity index (χ1) is 9.05. The topological polar surface area (TPSA) is 26.0 Å². The number of nitrogens with zero attached hydrogens (tertiary/aromatic N) is 1. The van der Waals surface area contributed by atoms with Crippen molar-refractivity contribution in [3.8, 4) is 11.5 Å². The van der Waals surface area contributed by atoms with Crippen LogP contribution in [0.5, 0.6) is 0 Å². The zero-order valence-electron chi connectivity index (χ0n) is 9.61. The van der Waals surface area contributed by atoms with Gasteiger partial charge in [0.15, 0.2) is 5.76 Å². The second-order valence-electron chi connectivity index (χ2n) is 4.05. The van der Waals surface area contributed by atoms with E-state index >= 15 is 0 Å². The van der Waals surface area contributed by atoms with Crippen LogP contribution in [-0.2, 0) is 6.18 Å². The van der Waals surface area contributed by atoms with Gasteiger partial charge in [-0.2, -0.15) is 13.2 Å². The SMILES string of the molecule is FC(F)(F)c1cc2ccccc2nc1-c1ccco1. The van der Waals surface area contributed by atoms with E-state index in [0.717, 1.165) is 6.07 Å². The molecule has 0 radical (unpaired) electrons. The van der Waals surface area contributed by atoms with Crippen molar-refractivity contribution in [2.75, 3.05) is 0 Å². The number of hydrogen-bond acceptors (Lipinski definition) is 2. The maximum atomic E-state index is 13.1. The molecule has 5 heteroatoms. The fourth-order valence-electron chi connectivity index (χ4n) is 1.93. The Morgan fingerprint density at radius 3 is 2.47 bits per heavy atom. The highest BCUT2D eigenvalue weighted by Gasteiger charge is 2.35. The van der Waals surface area contributed by atoms with Gasteiger partial charge < -0.3 is 4.42 Å². The van der Waals surface area contributed by atoms with Gasteiger partial charge in [-0.1, -0.05) is 18.2 Å². The molecule has 0 N–H and O–H groups in total. The van der Waals surface area contributed by atoms with Gasteiger partial charge in [0.1, 0.15) is 5.69 Å². The van der Waals surface area contributed by atoms with E-state index in [1.807, 2.05) is 0 Å². The van der Waals surface area contributed by atoms with Crippen molar-refractivity contribution < 1.29 is 17.6 Å². The molecule has 0 aliphatic rings. The highest BCUT2D eigenvalue weighted by Crippen LogP contribution is 2.37. The molecule has 3 rings (SSSR count). The van der Waals surface area contributed by atoms with Crippen molar-refractivity contribution in [2.24, 2.45) is 0 Å². The number of fused-ring (bicyclic) bond motifs is 1. The quantitative estimate of drug-likeness (QED) is 0.645. The number of para-hydroxylation sites is 1. The molecule has 2 nitrogen and oxygen atoms in total. The molecule has 0 aliphatic heterocycles. The number of benzene rings is 1. The molecule has 3 aromatic rings. The molecule has 0 aliphatic carbocycles. The predicted molar refractivity (Wildman–Crippen MR) is 64.4 cm³/mol. The lowest BCUT2D eigenvalue weighted by Crippen LogP contribution is -2.08. The lowest BCUT2D eigenvalue weighted by Gasteiger charge is -2.11. The van der Waals surface area contributed by atoms with E-state index in [1.54, 1.807) is 24.3 Å². The Bertz CT molecular complexity index is 717. The number of alkyl halides is 3. The minimum Gasteiger partial charge on any atom is -0.463 e. The summed E-state index contributed by atoms with van der Waals surface area (Å²) < 4.78 is 44.3. The first-order valence-corrected chi connectivity index (χ1v) is 5.56. The molecule has 0 bridgehead atoms. The minimum atomic E-state index is -4.47. The monoisotopic (exact) mass is 263 g/mol. The summed E-state index contributed by atoms with van der Waals surface area (Å²) in [6, 6.07) is 10.8. The number of aromatic nitrogens is 1. The smallest absolute Gasteiger partial charge is 0.418 e. The summed E-state index contributed by atoms with van der Waals surface area (Å²) in [5.41, 5.74) is -0.473. The Kier molecular flexibility index (Phi) is 2.55. The van der Waals surface area contributed by atoms with E-state index in [9.17, 15) is 13.2 Å². The van der Waals surface area contributed by atoms with Gasteiger partial charge >= 0.3 is 6.18 Å². The van der Waals surface area contributed by atoms with E-state index in [0.29, 0.717) is 10.9 Å². The molecule has 19 heavy (non-hydrogen) atoms. The van der Waals surface area contributed by atoms with Crippen LogP contribution in [0.15, 0.2) is 53.1 Å². The van der Waals surface area contributed by atoms with Gasteiger partial charge in [0.25, 0.3) is 0 Å². The zero-order chi connectivity index (χ0) is 13.5. The van der Waals surface area contributed by atoms with Crippen LogP contribution in [0.1, 0.15) is 5.56 Å². The third kappa shape index (κ3) is 2.07. The molecule has 0 saturated carbocycles. The molecule has 2 heterocycles. The summed E-state index contributed by atoms with van der Waals surface area (Å²) in [4.78, 5) is 4.07. The van der Waals surface area contributed by atoms with E-state index in [-0.39, 0.29) is 11.5 Å². The number of furan rings is 1. The molecule has 2 aromatic heterocycles. The first kappa shape index (κ1) is 11.8. The molecule has 0 atom stereocenters. The summed E-state index contributed by atoms with van der Waals surface area (Å²) >= 11 is 0. The summed E-state index contributed by atoms with van der Waals surface area (Å²) in [6.45, 7) is 0. The van der Waals surface area contributed by atoms with Crippen LogP contribution >= 0.6 is 0 Å². The number of hydrogen-bond donors (Lipinski definition) is 0. The predicted octanol–water partition coefficient (Wildman–Crippen LogP) is 4.51. The van der Waals surface area contributed by atoms with Crippen molar-refractivity contribution in [1.82, 2.24) is 4.98 Å². The molecule has 0 spiro atoms. The van der Waals surface area contributed by atoms with Crippen molar-refractivity contribution in [1.29, 1.82) is 0 Å². The van der Waals surface area contributed by atoms with E-state index in [1.165, 1.54) is 18.4 Å². The summed E-state index contributed by atoms with van der Waals surface area (Å²) in [6.07, 6.45) is -3.15. The zero-order valence-corrected chi connectivity index (χ0v) is 9.61. The van der Waals surface area contributed by atoms with Crippen LogP contribution in [-0.4, -0.2) is 4.98 Å². The van der Waals surface area contributed by atoms with Crippen LogP contribution in [0, 0.1) is 0 Å². The Morgan fingerprint density at radius 1 is 1.00 bits per heavy atom. The van der Waals surface area contributed by atoms with Crippen LogP contribution in [0.4, 0.5) is 13.2 Å². The normalized spacial score (nSPS) is 11.9. The van der Waals surface area contributed by atoms with Crippen molar-refractivity contribution in [3.05, 3.63) is 54.3 Å². The largest absolute Gasteiger partial charge is 0.463 e. The molecule has 1 aromatic carbocycles. The van der Waals surface area contributed by atoms with Crippen molar-refractivity contribution >= 4 is 10.9 Å². The van der Waals surface area contributed by atoms with Gasteiger partial charge in [-0.25, -0.2) is 4.98 Å². The highest BCUT2D eigenvalue weighted by molar-refractivity contribution is 5.82. The second-order valence-corrected chi connectivity index (χ2v) is 4.05. The van der Waals surface area contributed by atoms with Gasteiger partial charge in [0.2, 0.25) is 0 Å². The Balaban J connectivity index is 2.34. The molecule has 0 amide bonds. The van der Waals surface area contributed by atoms with Crippen LogP contribution < -0.4 is 0 Å². The average molecular weight is 263 g/mol. The molecule has 0 fully saturated rings. The minimum absolute atomic E-state index is 0.109. The maximum Gasteiger partial charge on any atom is 0.418 e. The van der Waals surface area contributed by atoms with Crippen LogP contribution in [0.2, 0.25) is 0 Å². The van der Waals surface area contributed by atoms with Gasteiger partial charge in [-0.05, 0) is 24.3 Å². The summed E-state index contributed by atoms with van der Waals surface area (Å²) in [5.74, 6) is 0.109. The Hall–Kier alpha value is -2.30. The van der Waals surface area contributed by atoms with Gasteiger partial charge in [-0.15, -0.1) is 0 Å². The molecule has 96 valence electrons. The van der Waals surface area contributed by atoms with Crippen molar-refractivity contribution in [3.63, 3.8) is 0 Å². The maximum absolute atomic E-state index is 13.1. The van der Waals surface area contributed by atoms with Gasteiger partial charge in [-0.3, -0.25) is 0 Å². The summed E-state index contributed by atoms with van der Waals surface area (Å²) in [5, 5.41) is 0.449. The molecular weight excluding hydrogens is 255 g/mol. The Labute approximate surface area is 106 Å². The lowest BCUT2D eigenvalue weighted by molar-refractivity contribution is -0.137. The third-order valence-electron chi connectivity index (χ3n) is 2.78. The molecular formula is C14H8F3NO. The van der Waals surface area contributed by atoms with E-state index in [4.69, 9.17) is 4.42 Å². The van der Waals surface area contributed by atoms with Gasteiger partial charge in [0, 0.05) is 5.39 Å². The number of halogens is 3. The highest BCUT2D eigenvalue weighted by atomic mass is 19.4. The van der Waals surface area contributed by atoms with Crippen LogP contribution in [0.3, 0.4) is 0 Å². The molecule has 0 unspecified atom stereocenters. The number of rotatable bonds is 1. The first-order valence-electron chi connectivity index (χ1n) is 5.56. The Morgan fingerprint density at radius 2 is 1.79 bits per heavy atom. The van der Waals surface area contributed by atoms with E-state index < -0.39 is 11.7 Å². The van der Waals surface area contributed by atoms with Crippen molar-refractivity contribution in [2.45, 2.75) is 6.18 Å². The van der Waals surface area contributed by atoms with E-state index in [2.05, 4.69) is 4.98 Å². The number of pyridine rings is 1. The average Bonchev–Trinajstić information content (AvgIpc) is 2.90. The fourth-order valence-corrected chi connectivity index (χ4v) is 1.93. The standard InChI is InChI=1S/C14H8F3NO/c15-14(16,17)10-8-9-4-1-2-5-11(9)18-13(10)12-6-3-7-19-12/h1-8H. The second kappa shape index (κ2) is 4.12. The van der Waals surface area contributed by atoms with Crippen LogP contribution in [0.25, 0.3) is 22.4 Å². The third-order valence-corrected chi connectivity index (χ3v) is 2.78. The van der Waals surface area contributed by atoms with Gasteiger partial charge in [0.05, 0.1) is 17.3 Å². The summed E-state index contributed by atoms with van der Waals surface area (Å²) in [7, 11) is 0. The fraction of sp³-hybridized carbons (Fsp3) is 0.0714. The lowest BCUT2D eigenvalue weighted by atomic mass is 10.1. The molecule has 0 saturated heterocycles.